The Bertz CT molecular complexity index is 901. The molecular weight excluding hydrogens is 288 g/mol. The molecule has 0 radical (unpaired) electrons. The Morgan fingerprint density at radius 1 is 1.09 bits per heavy atom. The van der Waals surface area contributed by atoms with E-state index in [1.807, 2.05) is 67.6 Å². The molecule has 0 bridgehead atoms. The summed E-state index contributed by atoms with van der Waals surface area (Å²) in [5.41, 5.74) is 3.47. The van der Waals surface area contributed by atoms with Crippen LogP contribution in [0.3, 0.4) is 0 Å². The number of pyridine rings is 1. The van der Waals surface area contributed by atoms with Gasteiger partial charge in [0.05, 0.1) is 16.1 Å². The number of nitrogens with zero attached hydrogens (tertiary/aromatic N) is 2. The molecule has 0 aliphatic rings. The van der Waals surface area contributed by atoms with Crippen molar-refractivity contribution in [2.75, 3.05) is 0 Å². The molecule has 1 aromatic heterocycles. The second-order valence-corrected chi connectivity index (χ2v) is 5.26. The molecule has 0 amide bonds. The first-order valence-electron chi connectivity index (χ1n) is 7.48. The molecule has 0 saturated heterocycles. The molecule has 0 saturated carbocycles. The van der Waals surface area contributed by atoms with Gasteiger partial charge in [-0.15, -0.1) is 0 Å². The van der Waals surface area contributed by atoms with Crippen LogP contribution in [0.1, 0.15) is 23.7 Å². The lowest BCUT2D eigenvalue weighted by atomic mass is 10.1. The Morgan fingerprint density at radius 2 is 1.91 bits per heavy atom. The molecule has 114 valence electrons. The van der Waals surface area contributed by atoms with E-state index in [0.717, 1.165) is 27.7 Å². The third-order valence-electron chi connectivity index (χ3n) is 3.75. The van der Waals surface area contributed by atoms with Crippen molar-refractivity contribution in [2.45, 2.75) is 13.3 Å². The number of fused-ring (bicyclic) bond motifs is 1. The average Bonchev–Trinajstić information content (AvgIpc) is 2.59. The van der Waals surface area contributed by atoms with Gasteiger partial charge in [0.1, 0.15) is 0 Å². The van der Waals surface area contributed by atoms with Gasteiger partial charge < -0.3 is 0 Å². The van der Waals surface area contributed by atoms with Gasteiger partial charge in [0.15, 0.2) is 0 Å². The fourth-order valence-electron chi connectivity index (χ4n) is 2.51. The average molecular weight is 304 g/mol. The summed E-state index contributed by atoms with van der Waals surface area (Å²) in [6, 6.07) is 17.2. The van der Waals surface area contributed by atoms with Crippen molar-refractivity contribution < 1.29 is 4.92 Å². The standard InChI is InChI=1S/C19H16N2O2/c1-2-15-9-7-14(13-19(15)21(22)23)8-11-17-12-10-16-5-3-4-6-18(16)20-17/h3-13H,2H2,1H3/b11-8+. The normalized spacial score (nSPS) is 11.2. The third kappa shape index (κ3) is 3.26. The number of aryl methyl sites for hydroxylation is 1. The zero-order valence-corrected chi connectivity index (χ0v) is 12.8. The van der Waals surface area contributed by atoms with E-state index in [1.165, 1.54) is 0 Å². The van der Waals surface area contributed by atoms with Crippen molar-refractivity contribution in [3.63, 3.8) is 0 Å². The summed E-state index contributed by atoms with van der Waals surface area (Å²) in [5.74, 6) is 0. The highest BCUT2D eigenvalue weighted by molar-refractivity contribution is 5.80. The Hall–Kier alpha value is -3.01. The molecule has 3 rings (SSSR count). The van der Waals surface area contributed by atoms with Crippen LogP contribution in [-0.2, 0) is 6.42 Å². The highest BCUT2D eigenvalue weighted by Gasteiger charge is 2.11. The van der Waals surface area contributed by atoms with Gasteiger partial charge in [0.25, 0.3) is 5.69 Å². The minimum absolute atomic E-state index is 0.168. The number of benzene rings is 2. The molecule has 4 nitrogen and oxygen atoms in total. The van der Waals surface area contributed by atoms with Crippen LogP contribution >= 0.6 is 0 Å². The quantitative estimate of drug-likeness (QED) is 0.510. The molecule has 0 N–H and O–H groups in total. The van der Waals surface area contributed by atoms with Gasteiger partial charge >= 0.3 is 0 Å². The zero-order chi connectivity index (χ0) is 16.2. The maximum atomic E-state index is 11.1. The molecule has 0 spiro atoms. The minimum Gasteiger partial charge on any atom is -0.258 e. The molecule has 2 aromatic carbocycles. The molecule has 0 aliphatic carbocycles. The van der Waals surface area contributed by atoms with Gasteiger partial charge in [0, 0.05) is 17.0 Å². The first-order valence-corrected chi connectivity index (χ1v) is 7.48. The molecule has 4 heteroatoms. The topological polar surface area (TPSA) is 56.0 Å². The van der Waals surface area contributed by atoms with E-state index >= 15 is 0 Å². The third-order valence-corrected chi connectivity index (χ3v) is 3.75. The number of hydrogen-bond acceptors (Lipinski definition) is 3. The SMILES string of the molecule is CCc1ccc(/C=C/c2ccc3ccccc3n2)cc1[N+](=O)[O-]. The van der Waals surface area contributed by atoms with E-state index in [-0.39, 0.29) is 10.6 Å². The Kier molecular flexibility index (Phi) is 4.15. The molecule has 0 fully saturated rings. The maximum absolute atomic E-state index is 11.1. The number of nitro groups is 1. The highest BCUT2D eigenvalue weighted by Crippen LogP contribution is 2.22. The smallest absolute Gasteiger partial charge is 0.258 e. The van der Waals surface area contributed by atoms with Crippen LogP contribution < -0.4 is 0 Å². The molecular formula is C19H16N2O2. The second-order valence-electron chi connectivity index (χ2n) is 5.26. The number of aromatic nitrogens is 1. The van der Waals surface area contributed by atoms with Crippen molar-refractivity contribution >= 4 is 28.7 Å². The van der Waals surface area contributed by atoms with Gasteiger partial charge in [-0.2, -0.15) is 0 Å². The first kappa shape index (κ1) is 14.9. The summed E-state index contributed by atoms with van der Waals surface area (Å²) in [5, 5.41) is 12.2. The van der Waals surface area contributed by atoms with E-state index in [9.17, 15) is 10.1 Å². The molecule has 3 aromatic rings. The number of nitro benzene ring substituents is 1. The first-order chi connectivity index (χ1) is 11.2. The molecule has 0 aliphatic heterocycles. The van der Waals surface area contributed by atoms with Crippen molar-refractivity contribution in [1.82, 2.24) is 4.98 Å². The predicted molar refractivity (Wildman–Crippen MR) is 93.1 cm³/mol. The zero-order valence-electron chi connectivity index (χ0n) is 12.8. The Morgan fingerprint density at radius 3 is 2.70 bits per heavy atom. The van der Waals surface area contributed by atoms with E-state index in [1.54, 1.807) is 6.07 Å². The number of hydrogen-bond donors (Lipinski definition) is 0. The van der Waals surface area contributed by atoms with Gasteiger partial charge in [-0.1, -0.05) is 49.4 Å². The summed E-state index contributed by atoms with van der Waals surface area (Å²) in [4.78, 5) is 15.4. The van der Waals surface area contributed by atoms with Crippen LogP contribution in [0.5, 0.6) is 0 Å². The van der Waals surface area contributed by atoms with Crippen LogP contribution in [0, 0.1) is 10.1 Å². The van der Waals surface area contributed by atoms with Crippen LogP contribution in [0.25, 0.3) is 23.1 Å². The number of rotatable bonds is 4. The maximum Gasteiger partial charge on any atom is 0.273 e. The fourth-order valence-corrected chi connectivity index (χ4v) is 2.51. The predicted octanol–water partition coefficient (Wildman–Crippen LogP) is 4.88. The largest absolute Gasteiger partial charge is 0.273 e. The van der Waals surface area contributed by atoms with Crippen LogP contribution in [-0.4, -0.2) is 9.91 Å². The number of para-hydroxylation sites is 1. The van der Waals surface area contributed by atoms with E-state index < -0.39 is 0 Å². The van der Waals surface area contributed by atoms with Crippen molar-refractivity contribution in [3.05, 3.63) is 81.5 Å². The second kappa shape index (κ2) is 6.40. The summed E-state index contributed by atoms with van der Waals surface area (Å²) >= 11 is 0. The van der Waals surface area contributed by atoms with Crippen molar-refractivity contribution in [3.8, 4) is 0 Å². The summed E-state index contributed by atoms with van der Waals surface area (Å²) in [7, 11) is 0. The summed E-state index contributed by atoms with van der Waals surface area (Å²) < 4.78 is 0. The van der Waals surface area contributed by atoms with Crippen molar-refractivity contribution in [2.24, 2.45) is 0 Å². The molecule has 1 heterocycles. The van der Waals surface area contributed by atoms with Gasteiger partial charge in [-0.05, 0) is 30.2 Å². The van der Waals surface area contributed by atoms with Gasteiger partial charge in [-0.3, -0.25) is 10.1 Å². The lowest BCUT2D eigenvalue weighted by molar-refractivity contribution is -0.385. The lowest BCUT2D eigenvalue weighted by Crippen LogP contribution is -1.94. The monoisotopic (exact) mass is 304 g/mol. The van der Waals surface area contributed by atoms with E-state index in [4.69, 9.17) is 0 Å². The van der Waals surface area contributed by atoms with Crippen LogP contribution in [0.4, 0.5) is 5.69 Å². The van der Waals surface area contributed by atoms with Gasteiger partial charge in [-0.25, -0.2) is 4.98 Å². The fraction of sp³-hybridized carbons (Fsp3) is 0.105. The van der Waals surface area contributed by atoms with Crippen LogP contribution in [0.15, 0.2) is 54.6 Å². The Balaban J connectivity index is 1.92. The molecule has 23 heavy (non-hydrogen) atoms. The molecule has 0 unspecified atom stereocenters. The van der Waals surface area contributed by atoms with Gasteiger partial charge in [0.2, 0.25) is 0 Å². The summed E-state index contributed by atoms with van der Waals surface area (Å²) in [6.07, 6.45) is 4.37. The minimum atomic E-state index is -0.329. The lowest BCUT2D eigenvalue weighted by Gasteiger charge is -2.01. The summed E-state index contributed by atoms with van der Waals surface area (Å²) in [6.45, 7) is 1.91. The highest BCUT2D eigenvalue weighted by atomic mass is 16.6. The molecule has 0 atom stereocenters. The van der Waals surface area contributed by atoms with E-state index in [2.05, 4.69) is 4.98 Å². The van der Waals surface area contributed by atoms with Crippen molar-refractivity contribution in [1.29, 1.82) is 0 Å². The Labute approximate surface area is 134 Å². The van der Waals surface area contributed by atoms with Crippen LogP contribution in [0.2, 0.25) is 0 Å². The van der Waals surface area contributed by atoms with E-state index in [0.29, 0.717) is 6.42 Å².